The predicted octanol–water partition coefficient (Wildman–Crippen LogP) is 2.84. The average molecular weight is 308 g/mol. The minimum atomic E-state index is -0.663. The van der Waals surface area contributed by atoms with Crippen LogP contribution in [0, 0.1) is 11.6 Å². The van der Waals surface area contributed by atoms with E-state index in [1.54, 1.807) is 12.1 Å². The van der Waals surface area contributed by atoms with Crippen molar-refractivity contribution in [2.75, 3.05) is 5.73 Å². The Balaban J connectivity index is 2.17. The molecule has 2 aromatic carbocycles. The normalized spacial score (nSPS) is 10.8. The fourth-order valence-electron chi connectivity index (χ4n) is 1.85. The Bertz CT molecular complexity index is 818. The van der Waals surface area contributed by atoms with Gasteiger partial charge in [-0.2, -0.15) is 4.68 Å². The van der Waals surface area contributed by atoms with Crippen molar-refractivity contribution in [3.63, 3.8) is 0 Å². The van der Waals surface area contributed by atoms with Gasteiger partial charge in [-0.05, 0) is 40.8 Å². The Morgan fingerprint density at radius 3 is 2.71 bits per heavy atom. The summed E-state index contributed by atoms with van der Waals surface area (Å²) in [6.45, 7) is 0. The maximum Gasteiger partial charge on any atom is 0.187 e. The molecular weight excluding hydrogens is 300 g/mol. The summed E-state index contributed by atoms with van der Waals surface area (Å²) in [5.41, 5.74) is 5.87. The molecule has 0 saturated heterocycles. The molecule has 0 bridgehead atoms. The van der Waals surface area contributed by atoms with E-state index in [1.807, 2.05) is 0 Å². The quantitative estimate of drug-likeness (QED) is 0.739. The first kappa shape index (κ1) is 13.4. The standard InChI is InChI=1S/C13H8ClF2N5/c14-8-2-1-3-11(12(8)16)21-13(18-19-20-21)7-4-5-10(17)9(15)6-7/h1-6H,17H2. The highest BCUT2D eigenvalue weighted by molar-refractivity contribution is 6.30. The van der Waals surface area contributed by atoms with Crippen LogP contribution in [0.4, 0.5) is 14.5 Å². The molecule has 1 aromatic heterocycles. The third kappa shape index (κ3) is 2.31. The molecular formula is C13H8ClF2N5. The number of hydrogen-bond acceptors (Lipinski definition) is 4. The zero-order chi connectivity index (χ0) is 15.0. The third-order valence-electron chi connectivity index (χ3n) is 2.89. The molecule has 1 heterocycles. The van der Waals surface area contributed by atoms with E-state index in [-0.39, 0.29) is 22.2 Å². The van der Waals surface area contributed by atoms with Crippen molar-refractivity contribution >= 4 is 17.3 Å². The third-order valence-corrected chi connectivity index (χ3v) is 3.18. The van der Waals surface area contributed by atoms with Crippen LogP contribution >= 0.6 is 11.6 Å². The molecule has 21 heavy (non-hydrogen) atoms. The highest BCUT2D eigenvalue weighted by Crippen LogP contribution is 2.26. The number of rotatable bonds is 2. The summed E-state index contributed by atoms with van der Waals surface area (Å²) < 4.78 is 28.8. The molecule has 8 heteroatoms. The van der Waals surface area contributed by atoms with Crippen LogP contribution < -0.4 is 5.73 Å². The molecule has 0 unspecified atom stereocenters. The van der Waals surface area contributed by atoms with Gasteiger partial charge in [0, 0.05) is 5.56 Å². The summed E-state index contributed by atoms with van der Waals surface area (Å²) in [6.07, 6.45) is 0. The number of nitrogens with zero attached hydrogens (tertiary/aromatic N) is 4. The van der Waals surface area contributed by atoms with Gasteiger partial charge in [0.05, 0.1) is 10.7 Å². The first-order valence-corrected chi connectivity index (χ1v) is 6.24. The number of tetrazole rings is 1. The van der Waals surface area contributed by atoms with E-state index >= 15 is 0 Å². The Labute approximate surface area is 123 Å². The van der Waals surface area contributed by atoms with E-state index in [0.29, 0.717) is 5.56 Å². The van der Waals surface area contributed by atoms with Gasteiger partial charge in [-0.3, -0.25) is 0 Å². The minimum Gasteiger partial charge on any atom is -0.396 e. The Hall–Kier alpha value is -2.54. The van der Waals surface area contributed by atoms with Gasteiger partial charge in [0.1, 0.15) is 11.5 Å². The second-order valence-corrected chi connectivity index (χ2v) is 4.63. The number of hydrogen-bond donors (Lipinski definition) is 1. The molecule has 0 aliphatic carbocycles. The van der Waals surface area contributed by atoms with Crippen molar-refractivity contribution in [3.05, 3.63) is 53.1 Å². The van der Waals surface area contributed by atoms with Crippen molar-refractivity contribution in [1.82, 2.24) is 20.2 Å². The Morgan fingerprint density at radius 2 is 1.95 bits per heavy atom. The summed E-state index contributed by atoms with van der Waals surface area (Å²) in [4.78, 5) is 0. The lowest BCUT2D eigenvalue weighted by molar-refractivity contribution is 0.608. The van der Waals surface area contributed by atoms with Gasteiger partial charge in [0.2, 0.25) is 0 Å². The van der Waals surface area contributed by atoms with Crippen LogP contribution in [-0.2, 0) is 0 Å². The lowest BCUT2D eigenvalue weighted by Crippen LogP contribution is -2.03. The fourth-order valence-corrected chi connectivity index (χ4v) is 2.02. The molecule has 0 aliphatic heterocycles. The first-order chi connectivity index (χ1) is 10.1. The summed E-state index contributed by atoms with van der Waals surface area (Å²) in [5.74, 6) is -1.09. The van der Waals surface area contributed by atoms with E-state index in [9.17, 15) is 8.78 Å². The molecule has 0 radical (unpaired) electrons. The Morgan fingerprint density at radius 1 is 1.14 bits per heavy atom. The summed E-state index contributed by atoms with van der Waals surface area (Å²) in [6, 6.07) is 8.55. The van der Waals surface area contributed by atoms with Crippen LogP contribution in [0.5, 0.6) is 0 Å². The van der Waals surface area contributed by atoms with Gasteiger partial charge in [0.25, 0.3) is 0 Å². The van der Waals surface area contributed by atoms with Gasteiger partial charge in [-0.15, -0.1) is 5.10 Å². The second kappa shape index (κ2) is 5.10. The van der Waals surface area contributed by atoms with E-state index in [1.165, 1.54) is 24.3 Å². The zero-order valence-corrected chi connectivity index (χ0v) is 11.2. The molecule has 0 amide bonds. The maximum atomic E-state index is 14.1. The van der Waals surface area contributed by atoms with Crippen molar-refractivity contribution < 1.29 is 8.78 Å². The average Bonchev–Trinajstić information content (AvgIpc) is 2.94. The van der Waals surface area contributed by atoms with Gasteiger partial charge in [-0.1, -0.05) is 17.7 Å². The molecule has 3 aromatic rings. The summed E-state index contributed by atoms with van der Waals surface area (Å²) in [5, 5.41) is 10.9. The van der Waals surface area contributed by atoms with Crippen LogP contribution in [-0.4, -0.2) is 20.2 Å². The molecule has 2 N–H and O–H groups in total. The van der Waals surface area contributed by atoms with Crippen LogP contribution in [0.1, 0.15) is 0 Å². The van der Waals surface area contributed by atoms with E-state index in [0.717, 1.165) is 4.68 Å². The largest absolute Gasteiger partial charge is 0.396 e. The molecule has 3 rings (SSSR count). The van der Waals surface area contributed by atoms with Crippen molar-refractivity contribution in [2.45, 2.75) is 0 Å². The van der Waals surface area contributed by atoms with Crippen molar-refractivity contribution in [1.29, 1.82) is 0 Å². The van der Waals surface area contributed by atoms with Gasteiger partial charge in [-0.25, -0.2) is 8.78 Å². The van der Waals surface area contributed by atoms with E-state index in [4.69, 9.17) is 17.3 Å². The van der Waals surface area contributed by atoms with E-state index < -0.39 is 11.6 Å². The Kier molecular flexibility index (Phi) is 3.26. The molecule has 0 saturated carbocycles. The van der Waals surface area contributed by atoms with E-state index in [2.05, 4.69) is 15.5 Å². The molecule has 0 aliphatic rings. The lowest BCUT2D eigenvalue weighted by Gasteiger charge is -2.07. The SMILES string of the molecule is Nc1ccc(-c2nnnn2-c2cccc(Cl)c2F)cc1F. The summed E-state index contributed by atoms with van der Waals surface area (Å²) >= 11 is 5.74. The highest BCUT2D eigenvalue weighted by atomic mass is 35.5. The zero-order valence-electron chi connectivity index (χ0n) is 10.5. The number of halogens is 3. The smallest absolute Gasteiger partial charge is 0.187 e. The van der Waals surface area contributed by atoms with Crippen molar-refractivity contribution in [3.8, 4) is 17.1 Å². The lowest BCUT2D eigenvalue weighted by atomic mass is 10.2. The second-order valence-electron chi connectivity index (χ2n) is 4.22. The van der Waals surface area contributed by atoms with Crippen molar-refractivity contribution in [2.24, 2.45) is 0 Å². The molecule has 5 nitrogen and oxygen atoms in total. The monoisotopic (exact) mass is 307 g/mol. The molecule has 106 valence electrons. The highest BCUT2D eigenvalue weighted by Gasteiger charge is 2.16. The van der Waals surface area contributed by atoms with Crippen LogP contribution in [0.3, 0.4) is 0 Å². The van der Waals surface area contributed by atoms with Gasteiger partial charge >= 0.3 is 0 Å². The first-order valence-electron chi connectivity index (χ1n) is 5.86. The number of anilines is 1. The number of benzene rings is 2. The minimum absolute atomic E-state index is 0.00621. The van der Waals surface area contributed by atoms with Crippen LogP contribution in [0.2, 0.25) is 5.02 Å². The van der Waals surface area contributed by atoms with Crippen LogP contribution in [0.25, 0.3) is 17.1 Å². The van der Waals surface area contributed by atoms with Gasteiger partial charge in [0.15, 0.2) is 11.6 Å². The number of nitrogen functional groups attached to an aromatic ring is 1. The summed E-state index contributed by atoms with van der Waals surface area (Å²) in [7, 11) is 0. The fraction of sp³-hybridized carbons (Fsp3) is 0. The maximum absolute atomic E-state index is 14.1. The number of nitrogens with two attached hydrogens (primary N) is 1. The predicted molar refractivity (Wildman–Crippen MR) is 73.9 cm³/mol. The molecule has 0 fully saturated rings. The van der Waals surface area contributed by atoms with Gasteiger partial charge < -0.3 is 5.73 Å². The molecule has 0 atom stereocenters. The topological polar surface area (TPSA) is 69.6 Å². The number of aromatic nitrogens is 4. The molecule has 0 spiro atoms. The van der Waals surface area contributed by atoms with Crippen LogP contribution in [0.15, 0.2) is 36.4 Å².